The average molecular weight is 204 g/mol. The van der Waals surface area contributed by atoms with E-state index >= 15 is 0 Å². The third-order valence-corrected chi connectivity index (χ3v) is 2.48. The Morgan fingerprint density at radius 2 is 1.93 bits per heavy atom. The summed E-state index contributed by atoms with van der Waals surface area (Å²) in [7, 11) is 0. The molecular formula is C12H16N2O. The van der Waals surface area contributed by atoms with E-state index in [2.05, 4.69) is 10.6 Å². The first-order chi connectivity index (χ1) is 7.36. The second kappa shape index (κ2) is 4.82. The van der Waals surface area contributed by atoms with E-state index in [0.29, 0.717) is 12.5 Å². The van der Waals surface area contributed by atoms with E-state index < -0.39 is 0 Å². The Bertz CT molecular complexity index is 320. The van der Waals surface area contributed by atoms with Gasteiger partial charge in [0.25, 0.3) is 0 Å². The number of carbonyl (C=O) groups excluding carboxylic acids is 1. The van der Waals surface area contributed by atoms with Crippen molar-refractivity contribution in [2.45, 2.75) is 12.8 Å². The number of anilines is 1. The number of benzene rings is 1. The zero-order chi connectivity index (χ0) is 10.5. The lowest BCUT2D eigenvalue weighted by Gasteiger charge is -2.07. The fourth-order valence-electron chi connectivity index (χ4n) is 1.44. The summed E-state index contributed by atoms with van der Waals surface area (Å²) in [5.41, 5.74) is 1.10. The molecule has 3 nitrogen and oxygen atoms in total. The lowest BCUT2D eigenvalue weighted by Crippen LogP contribution is -2.29. The Hall–Kier alpha value is -1.51. The molecule has 15 heavy (non-hydrogen) atoms. The molecule has 1 aromatic carbocycles. The molecule has 0 radical (unpaired) electrons. The number of hydrogen-bond acceptors (Lipinski definition) is 2. The quantitative estimate of drug-likeness (QED) is 0.716. The third-order valence-electron chi connectivity index (χ3n) is 2.48. The van der Waals surface area contributed by atoms with Gasteiger partial charge in [-0.2, -0.15) is 0 Å². The van der Waals surface area contributed by atoms with Gasteiger partial charge in [0.1, 0.15) is 0 Å². The highest BCUT2D eigenvalue weighted by Crippen LogP contribution is 2.28. The Morgan fingerprint density at radius 3 is 2.60 bits per heavy atom. The van der Waals surface area contributed by atoms with Crippen molar-refractivity contribution in [3.63, 3.8) is 0 Å². The van der Waals surface area contributed by atoms with Crippen molar-refractivity contribution >= 4 is 11.6 Å². The van der Waals surface area contributed by atoms with Gasteiger partial charge in [0.05, 0.1) is 0 Å². The molecule has 0 atom stereocenters. The van der Waals surface area contributed by atoms with Crippen molar-refractivity contribution in [2.24, 2.45) is 5.92 Å². The number of amides is 1. The van der Waals surface area contributed by atoms with Crippen LogP contribution in [0.1, 0.15) is 12.8 Å². The monoisotopic (exact) mass is 204 g/mol. The van der Waals surface area contributed by atoms with Crippen LogP contribution in [0.3, 0.4) is 0 Å². The third kappa shape index (κ3) is 3.27. The molecule has 1 amide bonds. The molecule has 1 saturated carbocycles. The van der Waals surface area contributed by atoms with E-state index in [1.54, 1.807) is 0 Å². The van der Waals surface area contributed by atoms with Gasteiger partial charge in [-0.1, -0.05) is 18.2 Å². The highest BCUT2D eigenvalue weighted by molar-refractivity contribution is 5.80. The minimum Gasteiger partial charge on any atom is -0.383 e. The fourth-order valence-corrected chi connectivity index (χ4v) is 1.44. The Labute approximate surface area is 89.9 Å². The van der Waals surface area contributed by atoms with Gasteiger partial charge >= 0.3 is 0 Å². The van der Waals surface area contributed by atoms with E-state index in [9.17, 15) is 4.79 Å². The van der Waals surface area contributed by atoms with Crippen LogP contribution in [0.5, 0.6) is 0 Å². The highest BCUT2D eigenvalue weighted by atomic mass is 16.2. The normalized spacial score (nSPS) is 14.7. The van der Waals surface area contributed by atoms with E-state index in [1.165, 1.54) is 0 Å². The highest BCUT2D eigenvalue weighted by Gasteiger charge is 2.28. The second-order valence-corrected chi connectivity index (χ2v) is 3.86. The molecule has 0 spiro atoms. The van der Waals surface area contributed by atoms with Crippen LogP contribution in [0.2, 0.25) is 0 Å². The summed E-state index contributed by atoms with van der Waals surface area (Å²) in [4.78, 5) is 11.3. The van der Waals surface area contributed by atoms with Crippen LogP contribution in [0.15, 0.2) is 30.3 Å². The first kappa shape index (κ1) is 10.0. The lowest BCUT2D eigenvalue weighted by molar-refractivity contribution is -0.122. The van der Waals surface area contributed by atoms with Crippen molar-refractivity contribution in [3.8, 4) is 0 Å². The van der Waals surface area contributed by atoms with Crippen LogP contribution >= 0.6 is 0 Å². The summed E-state index contributed by atoms with van der Waals surface area (Å²) in [6, 6.07) is 10.0. The first-order valence-electron chi connectivity index (χ1n) is 5.43. The molecular weight excluding hydrogens is 188 g/mol. The minimum atomic E-state index is 0.213. The molecule has 0 saturated heterocycles. The van der Waals surface area contributed by atoms with Crippen molar-refractivity contribution in [1.29, 1.82) is 0 Å². The molecule has 2 N–H and O–H groups in total. The van der Waals surface area contributed by atoms with Gasteiger partial charge in [0.15, 0.2) is 0 Å². The topological polar surface area (TPSA) is 41.1 Å². The zero-order valence-electron chi connectivity index (χ0n) is 8.70. The van der Waals surface area contributed by atoms with Crippen LogP contribution in [0.4, 0.5) is 5.69 Å². The van der Waals surface area contributed by atoms with Gasteiger partial charge < -0.3 is 10.6 Å². The fraction of sp³-hybridized carbons (Fsp3) is 0.417. The van der Waals surface area contributed by atoms with Gasteiger partial charge in [0.2, 0.25) is 5.91 Å². The van der Waals surface area contributed by atoms with Crippen molar-refractivity contribution < 1.29 is 4.79 Å². The van der Waals surface area contributed by atoms with Gasteiger partial charge in [-0.3, -0.25) is 4.79 Å². The Balaban J connectivity index is 1.60. The van der Waals surface area contributed by atoms with E-state index in [-0.39, 0.29) is 5.91 Å². The molecule has 0 aliphatic heterocycles. The molecule has 1 aliphatic carbocycles. The molecule has 0 unspecified atom stereocenters. The largest absolute Gasteiger partial charge is 0.383 e. The number of para-hydroxylation sites is 1. The van der Waals surface area contributed by atoms with Crippen LogP contribution in [0.25, 0.3) is 0 Å². The van der Waals surface area contributed by atoms with Crippen LogP contribution in [-0.2, 0) is 4.79 Å². The number of hydrogen-bond donors (Lipinski definition) is 2. The predicted octanol–water partition coefficient (Wildman–Crippen LogP) is 1.62. The smallest absolute Gasteiger partial charge is 0.223 e. The molecule has 0 aromatic heterocycles. The summed E-state index contributed by atoms with van der Waals surface area (Å²) in [5, 5.41) is 6.16. The molecule has 1 fully saturated rings. The van der Waals surface area contributed by atoms with Gasteiger partial charge in [-0.15, -0.1) is 0 Å². The maximum Gasteiger partial charge on any atom is 0.223 e. The molecule has 1 aromatic rings. The van der Waals surface area contributed by atoms with Crippen molar-refractivity contribution in [1.82, 2.24) is 5.32 Å². The first-order valence-corrected chi connectivity index (χ1v) is 5.43. The van der Waals surface area contributed by atoms with E-state index in [0.717, 1.165) is 25.1 Å². The lowest BCUT2D eigenvalue weighted by atomic mass is 10.3. The Morgan fingerprint density at radius 1 is 1.20 bits per heavy atom. The summed E-state index contributed by atoms with van der Waals surface area (Å²) in [6.07, 6.45) is 2.13. The summed E-state index contributed by atoms with van der Waals surface area (Å²) in [5.74, 6) is 0.520. The second-order valence-electron chi connectivity index (χ2n) is 3.86. The Kier molecular flexibility index (Phi) is 3.22. The molecule has 1 aliphatic rings. The molecule has 3 heteroatoms. The maximum absolute atomic E-state index is 11.3. The van der Waals surface area contributed by atoms with Gasteiger partial charge in [-0.25, -0.2) is 0 Å². The average Bonchev–Trinajstić information content (AvgIpc) is 3.09. The van der Waals surface area contributed by atoms with Gasteiger partial charge in [-0.05, 0) is 25.0 Å². The molecule has 0 bridgehead atoms. The van der Waals surface area contributed by atoms with E-state index in [1.807, 2.05) is 30.3 Å². The summed E-state index contributed by atoms with van der Waals surface area (Å²) in [6.45, 7) is 1.48. The SMILES string of the molecule is O=C(NCCNc1ccccc1)C1CC1. The van der Waals surface area contributed by atoms with Crippen LogP contribution < -0.4 is 10.6 Å². The maximum atomic E-state index is 11.3. The van der Waals surface area contributed by atoms with Crippen LogP contribution in [-0.4, -0.2) is 19.0 Å². The standard InChI is InChI=1S/C12H16N2O/c15-12(10-6-7-10)14-9-8-13-11-4-2-1-3-5-11/h1-5,10,13H,6-9H2,(H,14,15). The van der Waals surface area contributed by atoms with Gasteiger partial charge in [0, 0.05) is 24.7 Å². The van der Waals surface area contributed by atoms with Crippen molar-refractivity contribution in [2.75, 3.05) is 18.4 Å². The van der Waals surface area contributed by atoms with Crippen molar-refractivity contribution in [3.05, 3.63) is 30.3 Å². The zero-order valence-corrected chi connectivity index (χ0v) is 8.70. The molecule has 2 rings (SSSR count). The number of carbonyl (C=O) groups is 1. The summed E-state index contributed by atoms with van der Waals surface area (Å²) < 4.78 is 0. The van der Waals surface area contributed by atoms with Crippen LogP contribution in [0, 0.1) is 5.92 Å². The van der Waals surface area contributed by atoms with E-state index in [4.69, 9.17) is 0 Å². The number of rotatable bonds is 5. The summed E-state index contributed by atoms with van der Waals surface area (Å²) >= 11 is 0. The number of nitrogens with one attached hydrogen (secondary N) is 2. The molecule has 0 heterocycles. The predicted molar refractivity (Wildman–Crippen MR) is 60.7 cm³/mol. The molecule has 80 valence electrons. The minimum absolute atomic E-state index is 0.213.